The second-order valence-corrected chi connectivity index (χ2v) is 3.55. The number of hydrogen-bond acceptors (Lipinski definition) is 4. The van der Waals surface area contributed by atoms with Crippen molar-refractivity contribution in [2.24, 2.45) is 5.18 Å². The topological polar surface area (TPSA) is 87.0 Å². The van der Waals surface area contributed by atoms with Crippen LogP contribution in [-0.2, 0) is 10.3 Å². The van der Waals surface area contributed by atoms with Crippen molar-refractivity contribution in [2.45, 2.75) is 11.6 Å². The van der Waals surface area contributed by atoms with Gasteiger partial charge in [-0.15, -0.1) is 4.91 Å². The number of fused-ring (bicyclic) bond motifs is 1. The van der Waals surface area contributed by atoms with Crippen LogP contribution in [0.3, 0.4) is 0 Å². The lowest BCUT2D eigenvalue weighted by molar-refractivity contribution is -0.147. The van der Waals surface area contributed by atoms with Gasteiger partial charge in [0.25, 0.3) is 5.54 Å². The van der Waals surface area contributed by atoms with Crippen LogP contribution in [0.5, 0.6) is 0 Å². The van der Waals surface area contributed by atoms with Crippen LogP contribution in [0.25, 0.3) is 6.08 Å². The number of nitroso groups, excluding NO2 is 1. The minimum Gasteiger partial charge on any atom is -0.479 e. The normalized spacial score (nSPS) is 27.2. The molecule has 2 rings (SSSR count). The number of carboxylic acid groups (broad SMARTS) is 1. The van der Waals surface area contributed by atoms with Crippen LogP contribution in [0.4, 0.5) is 0 Å². The van der Waals surface area contributed by atoms with Crippen LogP contribution in [0, 0.1) is 4.91 Å². The molecule has 0 aliphatic heterocycles. The zero-order valence-corrected chi connectivity index (χ0v) is 8.20. The van der Waals surface area contributed by atoms with Crippen molar-refractivity contribution < 1.29 is 15.0 Å². The quantitative estimate of drug-likeness (QED) is 0.729. The predicted octanol–water partition coefficient (Wildman–Crippen LogP) is 1.12. The highest BCUT2D eigenvalue weighted by molar-refractivity contribution is 5.86. The van der Waals surface area contributed by atoms with E-state index in [0.717, 1.165) is 0 Å². The molecule has 2 N–H and O–H groups in total. The minimum atomic E-state index is -2.13. The average Bonchev–Trinajstić information content (AvgIpc) is 2.29. The van der Waals surface area contributed by atoms with E-state index in [2.05, 4.69) is 5.18 Å². The summed E-state index contributed by atoms with van der Waals surface area (Å²) in [5.74, 6) is -1.45. The Kier molecular flexibility index (Phi) is 2.32. The fraction of sp³-hybridized carbons (Fsp3) is 0.182. The van der Waals surface area contributed by atoms with E-state index in [-0.39, 0.29) is 5.56 Å². The summed E-state index contributed by atoms with van der Waals surface area (Å²) in [6.07, 6.45) is 1.39. The number of nitrogens with zero attached hydrogens (tertiary/aromatic N) is 1. The fourth-order valence-electron chi connectivity index (χ4n) is 1.87. The van der Waals surface area contributed by atoms with Crippen LogP contribution >= 0.6 is 0 Å². The number of aliphatic hydroxyl groups excluding tert-OH is 1. The van der Waals surface area contributed by atoms with Crippen molar-refractivity contribution in [3.05, 3.63) is 46.4 Å². The molecular weight excluding hydrogens is 210 g/mol. The highest BCUT2D eigenvalue weighted by atomic mass is 16.4. The van der Waals surface area contributed by atoms with Gasteiger partial charge in [-0.3, -0.25) is 0 Å². The van der Waals surface area contributed by atoms with Gasteiger partial charge in [-0.1, -0.05) is 36.4 Å². The molecule has 0 fully saturated rings. The first-order valence-corrected chi connectivity index (χ1v) is 4.66. The van der Waals surface area contributed by atoms with E-state index in [1.165, 1.54) is 12.1 Å². The van der Waals surface area contributed by atoms with Crippen molar-refractivity contribution in [2.75, 3.05) is 0 Å². The minimum absolute atomic E-state index is 0.215. The van der Waals surface area contributed by atoms with E-state index in [0.29, 0.717) is 5.56 Å². The average molecular weight is 219 g/mol. The lowest BCUT2D eigenvalue weighted by Crippen LogP contribution is -2.45. The SMILES string of the molecule is O=NC1(C(=O)O)c2ccccc2C=CC1O. The standard InChI is InChI=1S/C11H9NO4/c13-9-6-5-7-3-1-2-4-8(7)11(9,12-16)10(14)15/h1-6,9,13H,(H,14,15). The van der Waals surface area contributed by atoms with E-state index < -0.39 is 17.6 Å². The Labute approximate surface area is 91.0 Å². The molecule has 1 aromatic rings. The molecule has 0 heterocycles. The molecule has 16 heavy (non-hydrogen) atoms. The summed E-state index contributed by atoms with van der Waals surface area (Å²) in [7, 11) is 0. The number of benzene rings is 1. The molecule has 0 amide bonds. The molecule has 0 aromatic heterocycles. The first kappa shape index (κ1) is 10.5. The van der Waals surface area contributed by atoms with Crippen LogP contribution in [0.2, 0.25) is 0 Å². The number of carbonyl (C=O) groups is 1. The Bertz CT molecular complexity index is 483. The van der Waals surface area contributed by atoms with Crippen molar-refractivity contribution in [1.82, 2.24) is 0 Å². The molecule has 0 spiro atoms. The Morgan fingerprint density at radius 3 is 2.69 bits per heavy atom. The summed E-state index contributed by atoms with van der Waals surface area (Å²) in [5, 5.41) is 21.4. The summed E-state index contributed by atoms with van der Waals surface area (Å²) < 4.78 is 0. The van der Waals surface area contributed by atoms with Crippen molar-refractivity contribution >= 4 is 12.0 Å². The van der Waals surface area contributed by atoms with Gasteiger partial charge in [-0.25, -0.2) is 4.79 Å². The van der Waals surface area contributed by atoms with Gasteiger partial charge in [0.2, 0.25) is 0 Å². The first-order chi connectivity index (χ1) is 7.63. The summed E-state index contributed by atoms with van der Waals surface area (Å²) in [5.41, 5.74) is -1.34. The summed E-state index contributed by atoms with van der Waals surface area (Å²) in [6, 6.07) is 6.48. The third-order valence-corrected chi connectivity index (χ3v) is 2.73. The molecule has 1 aliphatic carbocycles. The van der Waals surface area contributed by atoms with E-state index in [1.54, 1.807) is 24.3 Å². The zero-order valence-electron chi connectivity index (χ0n) is 8.20. The van der Waals surface area contributed by atoms with Crippen molar-refractivity contribution in [3.8, 4) is 0 Å². The lowest BCUT2D eigenvalue weighted by Gasteiger charge is -2.29. The van der Waals surface area contributed by atoms with Gasteiger partial charge in [0.15, 0.2) is 0 Å². The molecule has 1 aromatic carbocycles. The van der Waals surface area contributed by atoms with Crippen LogP contribution in [0.15, 0.2) is 35.5 Å². The Morgan fingerprint density at radius 2 is 2.06 bits per heavy atom. The van der Waals surface area contributed by atoms with Gasteiger partial charge in [-0.05, 0) is 10.7 Å². The highest BCUT2D eigenvalue weighted by Gasteiger charge is 2.51. The monoisotopic (exact) mass is 219 g/mol. The molecule has 1 aliphatic rings. The maximum atomic E-state index is 11.2. The maximum Gasteiger partial charge on any atom is 0.343 e. The lowest BCUT2D eigenvalue weighted by atomic mass is 9.79. The van der Waals surface area contributed by atoms with Crippen molar-refractivity contribution in [3.63, 3.8) is 0 Å². The van der Waals surface area contributed by atoms with Gasteiger partial charge in [0.05, 0.1) is 0 Å². The third-order valence-electron chi connectivity index (χ3n) is 2.73. The van der Waals surface area contributed by atoms with Gasteiger partial charge in [-0.2, -0.15) is 0 Å². The van der Waals surface area contributed by atoms with Crippen LogP contribution in [-0.4, -0.2) is 22.3 Å². The second-order valence-electron chi connectivity index (χ2n) is 3.55. The van der Waals surface area contributed by atoms with Crippen LogP contribution in [0.1, 0.15) is 11.1 Å². The predicted molar refractivity (Wildman–Crippen MR) is 56.6 cm³/mol. The molecule has 2 unspecified atom stereocenters. The number of aliphatic carboxylic acids is 1. The van der Waals surface area contributed by atoms with E-state index in [1.807, 2.05) is 0 Å². The molecule has 0 radical (unpaired) electrons. The number of aliphatic hydroxyl groups is 1. The third kappa shape index (κ3) is 1.18. The Balaban J connectivity index is 2.73. The Hall–Kier alpha value is -2.01. The van der Waals surface area contributed by atoms with Crippen molar-refractivity contribution in [1.29, 1.82) is 0 Å². The second kappa shape index (κ2) is 3.53. The van der Waals surface area contributed by atoms with Gasteiger partial charge >= 0.3 is 5.97 Å². The largest absolute Gasteiger partial charge is 0.479 e. The molecule has 82 valence electrons. The number of rotatable bonds is 2. The van der Waals surface area contributed by atoms with Gasteiger partial charge < -0.3 is 10.2 Å². The summed E-state index contributed by atoms with van der Waals surface area (Å²) >= 11 is 0. The number of hydrogen-bond donors (Lipinski definition) is 2. The molecule has 5 nitrogen and oxygen atoms in total. The summed E-state index contributed by atoms with van der Waals surface area (Å²) in [6.45, 7) is 0. The molecule has 0 saturated carbocycles. The summed E-state index contributed by atoms with van der Waals surface area (Å²) in [4.78, 5) is 22.1. The zero-order chi connectivity index (χ0) is 11.8. The smallest absolute Gasteiger partial charge is 0.343 e. The Morgan fingerprint density at radius 1 is 1.38 bits per heavy atom. The molecule has 0 bridgehead atoms. The van der Waals surface area contributed by atoms with Crippen LogP contribution < -0.4 is 0 Å². The van der Waals surface area contributed by atoms with E-state index in [9.17, 15) is 14.8 Å². The highest BCUT2D eigenvalue weighted by Crippen LogP contribution is 2.37. The van der Waals surface area contributed by atoms with Gasteiger partial charge in [0, 0.05) is 5.56 Å². The van der Waals surface area contributed by atoms with E-state index >= 15 is 0 Å². The molecule has 5 heteroatoms. The first-order valence-electron chi connectivity index (χ1n) is 4.66. The maximum absolute atomic E-state index is 11.2. The molecular formula is C11H9NO4. The fourth-order valence-corrected chi connectivity index (χ4v) is 1.87. The number of carboxylic acids is 1. The van der Waals surface area contributed by atoms with E-state index in [4.69, 9.17) is 5.11 Å². The van der Waals surface area contributed by atoms with Gasteiger partial charge in [0.1, 0.15) is 6.10 Å². The molecule has 2 atom stereocenters. The molecule has 0 saturated heterocycles.